The number of aliphatic hydroxyl groups is 4. The molecule has 28 heteroatoms. The number of benzene rings is 8. The van der Waals surface area contributed by atoms with E-state index >= 15 is 0 Å². The molecule has 7 heterocycles. The van der Waals surface area contributed by atoms with Crippen molar-refractivity contribution in [1.82, 2.24) is 56.2 Å². The molecular weight excluding hydrogens is 1520 g/mol. The molecule has 3 fully saturated rings. The van der Waals surface area contributed by atoms with Crippen molar-refractivity contribution in [3.05, 3.63) is 316 Å². The lowest BCUT2D eigenvalue weighted by atomic mass is 9.96. The smallest absolute Gasteiger partial charge is 0.254 e. The molecule has 3 aliphatic rings. The molecule has 12 aromatic rings. The monoisotopic (exact) mass is 1620 g/mol. The van der Waals surface area contributed by atoms with Crippen LogP contribution in [0, 0.1) is 17.1 Å². The fraction of sp³-hybridized carbons (Fsp3) is 0.239. The zero-order valence-corrected chi connectivity index (χ0v) is 65.2. The third-order valence-electron chi connectivity index (χ3n) is 20.2. The highest BCUT2D eigenvalue weighted by Gasteiger charge is 2.27. The summed E-state index contributed by atoms with van der Waals surface area (Å²) >= 11 is 0. The lowest BCUT2D eigenvalue weighted by molar-refractivity contribution is 0.0844. The van der Waals surface area contributed by atoms with Crippen molar-refractivity contribution in [3.8, 4) is 51.0 Å². The van der Waals surface area contributed by atoms with Crippen molar-refractivity contribution < 1.29 is 63.7 Å². The molecule has 27 nitrogen and oxygen atoms in total. The number of amides is 4. The van der Waals surface area contributed by atoms with Gasteiger partial charge in [-0.15, -0.1) is 0 Å². The molecule has 0 aliphatic carbocycles. The number of ether oxygens (including phenoxy) is 3. The van der Waals surface area contributed by atoms with Crippen LogP contribution in [-0.4, -0.2) is 145 Å². The Morgan fingerprint density at radius 1 is 0.425 bits per heavy atom. The number of hydrogen-bond donors (Lipinski definition) is 12. The molecule has 8 aromatic carbocycles. The number of anilines is 4. The van der Waals surface area contributed by atoms with Gasteiger partial charge in [0.05, 0.1) is 123 Å². The summed E-state index contributed by atoms with van der Waals surface area (Å²) in [6.07, 6.45) is 8.23. The number of carbonyl (C=O) groups is 4. The van der Waals surface area contributed by atoms with Gasteiger partial charge >= 0.3 is 0 Å². The van der Waals surface area contributed by atoms with Crippen LogP contribution < -0.4 is 44.2 Å². The normalized spacial score (nSPS) is 16.5. The maximum Gasteiger partial charge on any atom is 0.254 e. The maximum absolute atomic E-state index is 14.7. The van der Waals surface area contributed by atoms with Crippen molar-refractivity contribution in [2.75, 3.05) is 88.9 Å². The molecule has 3 aliphatic heterocycles. The van der Waals surface area contributed by atoms with E-state index in [9.17, 15) is 44.0 Å². The number of halogens is 1. The molecule has 3 saturated heterocycles. The standard InChI is InChI=1S/C24H26N4O3.2C23H24N4O3.C22H19FN4O2/c25-23-22(27-20(14-26-23)17-10-12-31-13-11-17)18-6-8-19(9-7-18)24(30)28-21(15-29)16-4-2-1-3-5-16;2*24-22-21(26-19(12-25-22)18-10-11-30-14-18)16-6-8-17(9-7-16)23(29)27-20(13-28)15-4-2-1-3-5-15;23-19-11-16(18-10-14(8-9-24)12-26-21(18)25)6-7-17(19)22(29)27-20(13-28)15-4-2-1-3-5-15/h1-9,14,17,21,29H,10-13,15H2,(H2,25,26)(H,28,30);2*1-9,12,18,20,28H,10-11,13-14H2,(H2,24,25)(H,27,29);1-7,10-12,20,28H,8,13H2,(H2,25,26)(H,27,29)/t21-;18-,20+;18-,20-;20-/m1011/s1/i12D2,13D2;;;. The molecule has 15 rings (SSSR count). The summed E-state index contributed by atoms with van der Waals surface area (Å²) in [4.78, 5) is 81.3. The van der Waals surface area contributed by atoms with Crippen LogP contribution in [0.3, 0.4) is 0 Å². The summed E-state index contributed by atoms with van der Waals surface area (Å²) in [5.41, 5.74) is 36.0. The molecule has 4 aromatic heterocycles. The maximum atomic E-state index is 14.7. The van der Waals surface area contributed by atoms with E-state index in [0.29, 0.717) is 92.1 Å². The molecule has 4 amide bonds. The van der Waals surface area contributed by atoms with Crippen LogP contribution in [0.2, 0.25) is 0 Å². The Hall–Kier alpha value is -13.6. The first-order valence-corrected chi connectivity index (χ1v) is 38.7. The molecule has 0 radical (unpaired) electrons. The Morgan fingerprint density at radius 2 is 0.758 bits per heavy atom. The minimum atomic E-state index is -2.13. The summed E-state index contributed by atoms with van der Waals surface area (Å²) in [6, 6.07) is 63.3. The Kier molecular flexibility index (Phi) is 28.4. The van der Waals surface area contributed by atoms with Crippen LogP contribution in [0.5, 0.6) is 0 Å². The van der Waals surface area contributed by atoms with E-state index < -0.39 is 54.9 Å². The van der Waals surface area contributed by atoms with E-state index in [-0.39, 0.29) is 92.4 Å². The van der Waals surface area contributed by atoms with Gasteiger partial charge in [-0.2, -0.15) is 5.26 Å². The number of nitrogen functional groups attached to an aromatic ring is 4. The van der Waals surface area contributed by atoms with Crippen molar-refractivity contribution in [2.45, 2.75) is 74.0 Å². The van der Waals surface area contributed by atoms with Gasteiger partial charge < -0.3 is 78.8 Å². The molecule has 0 bridgehead atoms. The third-order valence-corrected chi connectivity index (χ3v) is 20.2. The molecule has 0 spiro atoms. The van der Waals surface area contributed by atoms with Crippen molar-refractivity contribution in [1.29, 1.82) is 5.26 Å². The number of pyridine rings is 1. The number of aromatic nitrogens is 7. The van der Waals surface area contributed by atoms with Crippen LogP contribution >= 0.6 is 0 Å². The van der Waals surface area contributed by atoms with E-state index in [1.165, 1.54) is 24.5 Å². The minimum absolute atomic E-state index is 0.0584. The van der Waals surface area contributed by atoms with E-state index in [1.54, 1.807) is 122 Å². The third kappa shape index (κ3) is 22.6. The van der Waals surface area contributed by atoms with Crippen LogP contribution in [0.15, 0.2) is 243 Å². The van der Waals surface area contributed by atoms with Gasteiger partial charge in [-0.3, -0.25) is 19.2 Å². The summed E-state index contributed by atoms with van der Waals surface area (Å²) in [6.45, 7) is -2.43. The summed E-state index contributed by atoms with van der Waals surface area (Å²) in [5, 5.41) is 58.6. The molecule has 0 saturated carbocycles. The highest BCUT2D eigenvalue weighted by Crippen LogP contribution is 2.34. The molecule has 0 unspecified atom stereocenters. The number of nitrogens with two attached hydrogens (primary N) is 4. The van der Waals surface area contributed by atoms with Gasteiger partial charge in [0.25, 0.3) is 23.6 Å². The van der Waals surface area contributed by atoms with Gasteiger partial charge in [0.1, 0.15) is 46.2 Å². The lowest BCUT2D eigenvalue weighted by Crippen LogP contribution is -2.31. The second-order valence-corrected chi connectivity index (χ2v) is 28.2. The van der Waals surface area contributed by atoms with Gasteiger partial charge in [-0.05, 0) is 114 Å². The van der Waals surface area contributed by atoms with Gasteiger partial charge in [0.15, 0.2) is 0 Å². The number of carbonyl (C=O) groups excluding carboxylic acids is 4. The number of hydrogen-bond acceptors (Lipinski definition) is 23. The quantitative estimate of drug-likeness (QED) is 0.0267. The lowest BCUT2D eigenvalue weighted by Gasteiger charge is -2.22. The van der Waals surface area contributed by atoms with E-state index in [2.05, 4.69) is 46.2 Å². The fourth-order valence-electron chi connectivity index (χ4n) is 13.4. The average molecular weight is 1620 g/mol. The predicted molar refractivity (Wildman–Crippen MR) is 453 cm³/mol. The van der Waals surface area contributed by atoms with Crippen molar-refractivity contribution >= 4 is 46.9 Å². The number of nitrogens with zero attached hydrogens (tertiary/aromatic N) is 8. The Morgan fingerprint density at radius 3 is 1.08 bits per heavy atom. The van der Waals surface area contributed by atoms with Crippen LogP contribution in [0.4, 0.5) is 27.7 Å². The van der Waals surface area contributed by atoms with Crippen LogP contribution in [-0.2, 0) is 20.6 Å². The SMILES string of the molecule is N#CCc1cnc(N)c(-c2ccc(C(=O)N[C@H](CO)c3ccccc3)c(F)c2)c1.Nc1ncc([C@@H]2CCOC2)nc1-c1ccc(C(=O)N[C@H](CO)c2ccccc2)cc1.Nc1ncc([C@H]2CCOC2)nc1-c1ccc(C(=O)N[C@H](CO)c2ccccc2)cc1.[2H]C1([2H])CC(c2cnc(N)c(-c3ccc(C(=O)N[C@H](CO)c4ccccc4)cc3)n2)CC([2H])([2H])O1. The summed E-state index contributed by atoms with van der Waals surface area (Å²) in [5.74, 6) is -1.26. The first-order chi connectivity index (χ1) is 59.9. The zero-order chi connectivity index (χ0) is 87.9. The summed E-state index contributed by atoms with van der Waals surface area (Å²) < 4.78 is 62.0. The molecule has 16 N–H and O–H groups in total. The van der Waals surface area contributed by atoms with E-state index in [1.807, 2.05) is 103 Å². The molecule has 6 atom stereocenters. The van der Waals surface area contributed by atoms with Gasteiger partial charge in [-0.25, -0.2) is 39.3 Å². The molecule has 614 valence electrons. The average Bonchev–Trinajstić information content (AvgIpc) is 0.932. The van der Waals surface area contributed by atoms with E-state index in [0.717, 1.165) is 65.3 Å². The molecular formula is C92H93FN16O11. The largest absolute Gasteiger partial charge is 0.394 e. The van der Waals surface area contributed by atoms with Gasteiger partial charge in [-0.1, -0.05) is 164 Å². The highest BCUT2D eigenvalue weighted by molar-refractivity contribution is 5.97. The van der Waals surface area contributed by atoms with Crippen LogP contribution in [0.25, 0.3) is 44.9 Å². The fourth-order valence-corrected chi connectivity index (χ4v) is 13.4. The Balaban J connectivity index is 0.000000151. The van der Waals surface area contributed by atoms with Crippen molar-refractivity contribution in [3.63, 3.8) is 0 Å². The van der Waals surface area contributed by atoms with Crippen LogP contribution in [0.1, 0.15) is 159 Å². The zero-order valence-electron chi connectivity index (χ0n) is 69.2. The second kappa shape index (κ2) is 42.5. The number of nitrogens with one attached hydrogen (secondary N) is 4. The Labute approximate surface area is 698 Å². The number of nitriles is 1. The Bertz CT molecular complexity index is 5480. The number of rotatable bonds is 24. The summed E-state index contributed by atoms with van der Waals surface area (Å²) in [7, 11) is 0. The van der Waals surface area contributed by atoms with Gasteiger partial charge in [0, 0.05) is 89.2 Å². The van der Waals surface area contributed by atoms with E-state index in [4.69, 9.17) is 57.9 Å². The topological polar surface area (TPSA) is 443 Å². The minimum Gasteiger partial charge on any atom is -0.394 e. The highest BCUT2D eigenvalue weighted by atomic mass is 19.1. The molecule has 120 heavy (non-hydrogen) atoms. The predicted octanol–water partition coefficient (Wildman–Crippen LogP) is 11.5. The van der Waals surface area contributed by atoms with Gasteiger partial charge in [0.2, 0.25) is 0 Å². The first-order valence-electron chi connectivity index (χ1n) is 40.7. The second-order valence-electron chi connectivity index (χ2n) is 28.2. The van der Waals surface area contributed by atoms with Crippen molar-refractivity contribution in [2.24, 2.45) is 0 Å². The first kappa shape index (κ1) is 80.2. The number of aliphatic hydroxyl groups excluding tert-OH is 4.